The molecule has 0 spiro atoms. The Balaban J connectivity index is 2.95. The van der Waals surface area contributed by atoms with Gasteiger partial charge in [0.15, 0.2) is 18.5 Å². The van der Waals surface area contributed by atoms with Gasteiger partial charge in [-0.05, 0) is 0 Å². The normalized spacial score (nSPS) is 31.1. The van der Waals surface area contributed by atoms with Gasteiger partial charge in [0.05, 0.1) is 0 Å². The Morgan fingerprint density at radius 3 is 2.05 bits per heavy atom. The van der Waals surface area contributed by atoms with Gasteiger partial charge in [-0.3, -0.25) is 0 Å². The summed E-state index contributed by atoms with van der Waals surface area (Å²) in [4.78, 5) is 43.3. The first-order valence-corrected chi connectivity index (χ1v) is 5.52. The third kappa shape index (κ3) is 4.50. The summed E-state index contributed by atoms with van der Waals surface area (Å²) in [6, 6.07) is 0. The predicted molar refractivity (Wildman–Crippen MR) is 58.4 cm³/mol. The van der Waals surface area contributed by atoms with Crippen LogP contribution in [0.5, 0.6) is 0 Å². The van der Waals surface area contributed by atoms with Crippen LogP contribution in [0.1, 0.15) is 0 Å². The highest BCUT2D eigenvalue weighted by molar-refractivity contribution is 4.90. The molecule has 0 saturated carbocycles. The maximum absolute atomic E-state index is 10.4. The lowest BCUT2D eigenvalue weighted by atomic mass is 9.99. The van der Waals surface area contributed by atoms with Crippen LogP contribution in [-0.4, -0.2) is 64.8 Å². The van der Waals surface area contributed by atoms with E-state index < -0.39 is 52.6 Å². The van der Waals surface area contributed by atoms with Gasteiger partial charge in [-0.15, -0.1) is 30.3 Å². The molecule has 1 aliphatic rings. The van der Waals surface area contributed by atoms with Crippen LogP contribution in [-0.2, 0) is 24.0 Å². The van der Waals surface area contributed by atoms with E-state index in [4.69, 9.17) is 9.47 Å². The van der Waals surface area contributed by atoms with Crippen LogP contribution >= 0.6 is 0 Å². The van der Waals surface area contributed by atoms with Crippen molar-refractivity contribution in [3.8, 4) is 0 Å². The molecule has 0 aromatic carbocycles. The van der Waals surface area contributed by atoms with E-state index in [2.05, 4.69) is 14.5 Å². The van der Waals surface area contributed by atoms with Gasteiger partial charge in [0.2, 0.25) is 0 Å². The molecule has 1 heterocycles. The molecule has 15 heteroatoms. The van der Waals surface area contributed by atoms with E-state index in [0.717, 1.165) is 7.11 Å². The van der Waals surface area contributed by atoms with E-state index in [1.807, 2.05) is 0 Å². The van der Waals surface area contributed by atoms with Crippen molar-refractivity contribution in [1.82, 2.24) is 0 Å². The summed E-state index contributed by atoms with van der Waals surface area (Å²) in [5.74, 6) is 0. The smallest absolute Gasteiger partial charge is 0.295 e. The number of hydrogen-bond donors (Lipinski definition) is 1. The van der Waals surface area contributed by atoms with Gasteiger partial charge in [-0.25, -0.2) is 0 Å². The number of nitrogens with zero attached hydrogens (tertiary/aromatic N) is 3. The fraction of sp³-hybridized carbons (Fsp3) is 1.00. The molecule has 1 rings (SSSR count). The van der Waals surface area contributed by atoms with Crippen LogP contribution < -0.4 is 0 Å². The van der Waals surface area contributed by atoms with E-state index >= 15 is 0 Å². The topological polar surface area (TPSA) is 196 Å². The quantitative estimate of drug-likeness (QED) is 0.383. The zero-order chi connectivity index (χ0) is 16.9. The number of rotatable bonds is 8. The lowest BCUT2D eigenvalue weighted by molar-refractivity contribution is -0.807. The lowest BCUT2D eigenvalue weighted by Gasteiger charge is -2.41. The maximum atomic E-state index is 10.4. The molecule has 1 fully saturated rings. The minimum atomic E-state index is -1.89. The van der Waals surface area contributed by atoms with Gasteiger partial charge >= 0.3 is 0 Å². The van der Waals surface area contributed by atoms with Crippen LogP contribution in [0.25, 0.3) is 0 Å². The summed E-state index contributed by atoms with van der Waals surface area (Å²) in [5.41, 5.74) is 0. The van der Waals surface area contributed by atoms with Gasteiger partial charge in [0.25, 0.3) is 15.3 Å². The third-order valence-corrected chi connectivity index (χ3v) is 2.61. The fourth-order valence-corrected chi connectivity index (χ4v) is 1.78. The zero-order valence-corrected chi connectivity index (χ0v) is 10.9. The van der Waals surface area contributed by atoms with Gasteiger partial charge in [0, 0.05) is 7.11 Å². The molecular formula is C7H11N3O12. The Hall–Kier alpha value is -2.52. The van der Waals surface area contributed by atoms with Crippen molar-refractivity contribution in [3.63, 3.8) is 0 Å². The highest BCUT2D eigenvalue weighted by atomic mass is 17.0. The van der Waals surface area contributed by atoms with Crippen molar-refractivity contribution in [2.24, 2.45) is 0 Å². The second kappa shape index (κ2) is 7.48. The predicted octanol–water partition coefficient (Wildman–Crippen LogP) is -1.92. The first-order chi connectivity index (χ1) is 10.3. The second-order valence-electron chi connectivity index (χ2n) is 3.88. The molecule has 0 aromatic heterocycles. The first kappa shape index (κ1) is 17.5. The van der Waals surface area contributed by atoms with Crippen molar-refractivity contribution >= 4 is 0 Å². The summed E-state index contributed by atoms with van der Waals surface area (Å²) >= 11 is 0. The molecule has 15 nitrogen and oxygen atoms in total. The van der Waals surface area contributed by atoms with Crippen LogP contribution in [0, 0.1) is 30.3 Å². The van der Waals surface area contributed by atoms with Gasteiger partial charge in [0.1, 0.15) is 18.8 Å². The highest BCUT2D eigenvalue weighted by Crippen LogP contribution is 2.26. The Labute approximate surface area is 120 Å². The molecule has 0 amide bonds. The Bertz CT molecular complexity index is 431. The van der Waals surface area contributed by atoms with E-state index in [1.165, 1.54) is 0 Å². The molecule has 0 aliphatic carbocycles. The third-order valence-electron chi connectivity index (χ3n) is 2.61. The van der Waals surface area contributed by atoms with Crippen molar-refractivity contribution in [1.29, 1.82) is 0 Å². The molecular weight excluding hydrogens is 318 g/mol. The average Bonchev–Trinajstić information content (AvgIpc) is 2.41. The Kier molecular flexibility index (Phi) is 5.96. The van der Waals surface area contributed by atoms with Crippen LogP contribution in [0.2, 0.25) is 0 Å². The molecule has 0 bridgehead atoms. The number of methoxy groups -OCH3 is 1. The first-order valence-electron chi connectivity index (χ1n) is 5.52. The SMILES string of the molecule is CO[C@H]1O[C@H](CO[N+](=O)[O-])[C@@H](O)[C@H](O[N+](=O)[O-])[C@H]1O[N+](=O)[O-]. The number of aliphatic hydroxyl groups is 1. The van der Waals surface area contributed by atoms with Crippen molar-refractivity contribution in [2.75, 3.05) is 13.7 Å². The Morgan fingerprint density at radius 2 is 1.59 bits per heavy atom. The van der Waals surface area contributed by atoms with E-state index in [-0.39, 0.29) is 0 Å². The van der Waals surface area contributed by atoms with E-state index in [0.29, 0.717) is 0 Å². The minimum absolute atomic E-state index is 0.809. The van der Waals surface area contributed by atoms with Gasteiger partial charge < -0.3 is 29.1 Å². The summed E-state index contributed by atoms with van der Waals surface area (Å²) in [5, 5.41) is 37.1. The highest BCUT2D eigenvalue weighted by Gasteiger charge is 2.50. The zero-order valence-electron chi connectivity index (χ0n) is 10.9. The summed E-state index contributed by atoms with van der Waals surface area (Å²) < 4.78 is 9.70. The second-order valence-corrected chi connectivity index (χ2v) is 3.88. The number of hydrogen-bond acceptors (Lipinski definition) is 12. The van der Waals surface area contributed by atoms with Crippen molar-refractivity contribution in [3.05, 3.63) is 30.3 Å². The van der Waals surface area contributed by atoms with Crippen molar-refractivity contribution in [2.45, 2.75) is 30.7 Å². The average molecular weight is 329 g/mol. The molecule has 0 radical (unpaired) electrons. The summed E-state index contributed by atoms with van der Waals surface area (Å²) in [6.45, 7) is -0.809. The maximum Gasteiger partial charge on any atom is 0.295 e. The number of aliphatic hydroxyl groups excluding tert-OH is 1. The summed E-state index contributed by atoms with van der Waals surface area (Å²) in [7, 11) is 1.04. The van der Waals surface area contributed by atoms with Crippen LogP contribution in [0.4, 0.5) is 0 Å². The van der Waals surface area contributed by atoms with Crippen LogP contribution in [0.15, 0.2) is 0 Å². The molecule has 0 aromatic rings. The van der Waals surface area contributed by atoms with E-state index in [1.54, 1.807) is 0 Å². The largest absolute Gasteiger partial charge is 0.388 e. The van der Waals surface area contributed by atoms with Crippen LogP contribution in [0.3, 0.4) is 0 Å². The molecule has 22 heavy (non-hydrogen) atoms. The fourth-order valence-electron chi connectivity index (χ4n) is 1.78. The lowest BCUT2D eigenvalue weighted by Crippen LogP contribution is -2.61. The molecule has 1 N–H and O–H groups in total. The number of ether oxygens (including phenoxy) is 2. The molecule has 0 unspecified atom stereocenters. The Morgan fingerprint density at radius 1 is 1.05 bits per heavy atom. The molecule has 1 aliphatic heterocycles. The van der Waals surface area contributed by atoms with Crippen molar-refractivity contribution < 1.29 is 44.4 Å². The molecule has 5 atom stereocenters. The summed E-state index contributed by atoms with van der Waals surface area (Å²) in [6.07, 6.45) is -8.63. The standard InChI is InChI=1S/C7H11N3O12/c1-18-7-6(22-10(16)17)5(21-9(14)15)4(11)3(20-7)2-19-8(12)13/h3-7,11H,2H2,1H3/t3-,4-,5+,6-,7+/m1/s1. The monoisotopic (exact) mass is 329 g/mol. The van der Waals surface area contributed by atoms with Gasteiger partial charge in [-0.1, -0.05) is 0 Å². The molecule has 1 saturated heterocycles. The van der Waals surface area contributed by atoms with Gasteiger partial charge in [-0.2, -0.15) is 0 Å². The minimum Gasteiger partial charge on any atom is -0.388 e. The molecule has 126 valence electrons. The van der Waals surface area contributed by atoms with E-state index in [9.17, 15) is 35.4 Å².